The van der Waals surface area contributed by atoms with Gasteiger partial charge in [-0.25, -0.2) is 4.79 Å². The smallest absolute Gasteiger partial charge is 0.316 e. The standard InChI is InChI=1S/C11H24N4O3/c1-17-8-9-18-10-14-11(16)13-4-7-15-5-2-12-3-6-15/h12H,2-10H2,1H3,(H2,13,14,16). The summed E-state index contributed by atoms with van der Waals surface area (Å²) in [5.41, 5.74) is 0. The summed E-state index contributed by atoms with van der Waals surface area (Å²) >= 11 is 0. The largest absolute Gasteiger partial charge is 0.382 e. The first-order chi connectivity index (χ1) is 8.83. The molecule has 0 bridgehead atoms. The molecule has 0 aromatic rings. The van der Waals surface area contributed by atoms with E-state index in [0.717, 1.165) is 32.7 Å². The number of amides is 2. The predicted octanol–water partition coefficient (Wildman–Crippen LogP) is -1.19. The highest BCUT2D eigenvalue weighted by molar-refractivity contribution is 5.73. The van der Waals surface area contributed by atoms with E-state index < -0.39 is 0 Å². The quantitative estimate of drug-likeness (QED) is 0.378. The summed E-state index contributed by atoms with van der Waals surface area (Å²) in [5.74, 6) is 0. The molecule has 1 rings (SSSR count). The molecule has 0 radical (unpaired) electrons. The molecule has 2 amide bonds. The zero-order valence-corrected chi connectivity index (χ0v) is 11.0. The zero-order valence-electron chi connectivity index (χ0n) is 11.0. The molecule has 1 aliphatic rings. The molecule has 0 aromatic carbocycles. The van der Waals surface area contributed by atoms with Crippen LogP contribution in [-0.2, 0) is 9.47 Å². The summed E-state index contributed by atoms with van der Waals surface area (Å²) in [6, 6.07) is -0.192. The van der Waals surface area contributed by atoms with Crippen molar-refractivity contribution in [2.45, 2.75) is 0 Å². The zero-order chi connectivity index (χ0) is 13.1. The van der Waals surface area contributed by atoms with Crippen LogP contribution >= 0.6 is 0 Å². The third kappa shape index (κ3) is 7.44. The van der Waals surface area contributed by atoms with Crippen LogP contribution in [0.1, 0.15) is 0 Å². The Balaban J connectivity index is 1.89. The molecule has 106 valence electrons. The van der Waals surface area contributed by atoms with Gasteiger partial charge in [0, 0.05) is 46.4 Å². The Hall–Kier alpha value is -0.890. The molecular weight excluding hydrogens is 236 g/mol. The van der Waals surface area contributed by atoms with E-state index in [1.165, 1.54) is 0 Å². The molecule has 0 aliphatic carbocycles. The fourth-order valence-electron chi connectivity index (χ4n) is 1.66. The number of carbonyl (C=O) groups is 1. The maximum Gasteiger partial charge on any atom is 0.316 e. The molecule has 1 heterocycles. The summed E-state index contributed by atoms with van der Waals surface area (Å²) in [6.07, 6.45) is 0. The lowest BCUT2D eigenvalue weighted by Crippen LogP contribution is -2.47. The molecule has 0 spiro atoms. The van der Waals surface area contributed by atoms with E-state index in [4.69, 9.17) is 9.47 Å². The van der Waals surface area contributed by atoms with Crippen LogP contribution in [0.5, 0.6) is 0 Å². The first-order valence-electron chi connectivity index (χ1n) is 6.34. The predicted molar refractivity (Wildman–Crippen MR) is 68.5 cm³/mol. The van der Waals surface area contributed by atoms with E-state index in [1.807, 2.05) is 0 Å². The summed E-state index contributed by atoms with van der Waals surface area (Å²) in [5, 5.41) is 8.71. The molecule has 0 aromatic heterocycles. The number of urea groups is 1. The molecule has 3 N–H and O–H groups in total. The van der Waals surface area contributed by atoms with Crippen molar-refractivity contribution >= 4 is 6.03 Å². The Kier molecular flexibility index (Phi) is 8.49. The van der Waals surface area contributed by atoms with E-state index >= 15 is 0 Å². The van der Waals surface area contributed by atoms with Gasteiger partial charge in [0.25, 0.3) is 0 Å². The number of methoxy groups -OCH3 is 1. The highest BCUT2D eigenvalue weighted by Crippen LogP contribution is 1.89. The van der Waals surface area contributed by atoms with E-state index in [9.17, 15) is 4.79 Å². The highest BCUT2D eigenvalue weighted by atomic mass is 16.5. The van der Waals surface area contributed by atoms with Crippen molar-refractivity contribution in [3.63, 3.8) is 0 Å². The van der Waals surface area contributed by atoms with Crippen LogP contribution in [0.2, 0.25) is 0 Å². The first kappa shape index (κ1) is 15.2. The lowest BCUT2D eigenvalue weighted by Gasteiger charge is -2.27. The van der Waals surface area contributed by atoms with Crippen molar-refractivity contribution in [2.75, 3.05) is 66.3 Å². The van der Waals surface area contributed by atoms with Crippen molar-refractivity contribution in [2.24, 2.45) is 0 Å². The van der Waals surface area contributed by atoms with Crippen molar-refractivity contribution in [1.82, 2.24) is 20.9 Å². The van der Waals surface area contributed by atoms with E-state index in [2.05, 4.69) is 20.9 Å². The van der Waals surface area contributed by atoms with E-state index in [-0.39, 0.29) is 12.8 Å². The van der Waals surface area contributed by atoms with Gasteiger partial charge in [0.2, 0.25) is 0 Å². The minimum Gasteiger partial charge on any atom is -0.382 e. The van der Waals surface area contributed by atoms with Crippen LogP contribution in [0.15, 0.2) is 0 Å². The fourth-order valence-corrected chi connectivity index (χ4v) is 1.66. The van der Waals surface area contributed by atoms with Gasteiger partial charge in [-0.2, -0.15) is 0 Å². The first-order valence-corrected chi connectivity index (χ1v) is 6.34. The number of carbonyl (C=O) groups excluding carboxylic acids is 1. The molecule has 1 saturated heterocycles. The highest BCUT2D eigenvalue weighted by Gasteiger charge is 2.08. The maximum absolute atomic E-state index is 11.4. The number of nitrogens with one attached hydrogen (secondary N) is 3. The van der Waals surface area contributed by atoms with Crippen LogP contribution < -0.4 is 16.0 Å². The van der Waals surface area contributed by atoms with Gasteiger partial charge in [0.05, 0.1) is 13.2 Å². The van der Waals surface area contributed by atoms with Crippen molar-refractivity contribution in [3.05, 3.63) is 0 Å². The van der Waals surface area contributed by atoms with Gasteiger partial charge in [-0.1, -0.05) is 0 Å². The van der Waals surface area contributed by atoms with Crippen LogP contribution in [0.4, 0.5) is 4.79 Å². The summed E-state index contributed by atoms with van der Waals surface area (Å²) in [7, 11) is 1.61. The van der Waals surface area contributed by atoms with Gasteiger partial charge < -0.3 is 25.4 Å². The van der Waals surface area contributed by atoms with Gasteiger partial charge in [-0.15, -0.1) is 0 Å². The second-order valence-corrected chi connectivity index (χ2v) is 4.07. The topological polar surface area (TPSA) is 74.9 Å². The van der Waals surface area contributed by atoms with Crippen molar-refractivity contribution in [1.29, 1.82) is 0 Å². The van der Waals surface area contributed by atoms with Gasteiger partial charge in [0.15, 0.2) is 0 Å². The monoisotopic (exact) mass is 260 g/mol. The molecular formula is C11H24N4O3. The summed E-state index contributed by atoms with van der Waals surface area (Å²) in [6.45, 7) is 6.92. The van der Waals surface area contributed by atoms with Crippen molar-refractivity contribution in [3.8, 4) is 0 Å². The minimum atomic E-state index is -0.192. The lowest BCUT2D eigenvalue weighted by molar-refractivity contribution is 0.0642. The Labute approximate surface area is 108 Å². The van der Waals surface area contributed by atoms with Gasteiger partial charge in [-0.3, -0.25) is 4.90 Å². The molecule has 0 unspecified atom stereocenters. The third-order valence-corrected chi connectivity index (χ3v) is 2.69. The van der Waals surface area contributed by atoms with Crippen molar-refractivity contribution < 1.29 is 14.3 Å². The Bertz CT molecular complexity index is 222. The summed E-state index contributed by atoms with van der Waals surface area (Å²) < 4.78 is 9.94. The Morgan fingerprint density at radius 1 is 1.28 bits per heavy atom. The second-order valence-electron chi connectivity index (χ2n) is 4.07. The number of nitrogens with zero attached hydrogens (tertiary/aromatic N) is 1. The normalized spacial score (nSPS) is 16.5. The van der Waals surface area contributed by atoms with Gasteiger partial charge >= 0.3 is 6.03 Å². The number of hydrogen-bond acceptors (Lipinski definition) is 5. The van der Waals surface area contributed by atoms with Crippen LogP contribution in [0, 0.1) is 0 Å². The molecule has 1 aliphatic heterocycles. The average molecular weight is 260 g/mol. The molecule has 18 heavy (non-hydrogen) atoms. The second kappa shape index (κ2) is 10.1. The number of piperazine rings is 1. The number of ether oxygens (including phenoxy) is 2. The van der Waals surface area contributed by atoms with Crippen LogP contribution in [-0.4, -0.2) is 77.3 Å². The maximum atomic E-state index is 11.4. The fraction of sp³-hybridized carbons (Fsp3) is 0.909. The van der Waals surface area contributed by atoms with Gasteiger partial charge in [0.1, 0.15) is 6.73 Å². The number of rotatable bonds is 8. The lowest BCUT2D eigenvalue weighted by atomic mass is 10.3. The molecule has 7 nitrogen and oxygen atoms in total. The molecule has 0 saturated carbocycles. The summed E-state index contributed by atoms with van der Waals surface area (Å²) in [4.78, 5) is 13.7. The average Bonchev–Trinajstić information content (AvgIpc) is 2.40. The molecule has 7 heteroatoms. The van der Waals surface area contributed by atoms with E-state index in [0.29, 0.717) is 19.8 Å². The SMILES string of the molecule is COCCOCNC(=O)NCCN1CCNCC1. The molecule has 1 fully saturated rings. The van der Waals surface area contributed by atoms with Crippen LogP contribution in [0.25, 0.3) is 0 Å². The minimum absolute atomic E-state index is 0.192. The Morgan fingerprint density at radius 3 is 2.78 bits per heavy atom. The van der Waals surface area contributed by atoms with Gasteiger partial charge in [-0.05, 0) is 0 Å². The Morgan fingerprint density at radius 2 is 2.06 bits per heavy atom. The van der Waals surface area contributed by atoms with E-state index in [1.54, 1.807) is 7.11 Å². The number of hydrogen-bond donors (Lipinski definition) is 3. The third-order valence-electron chi connectivity index (χ3n) is 2.69. The molecule has 0 atom stereocenters. The van der Waals surface area contributed by atoms with Crippen LogP contribution in [0.3, 0.4) is 0 Å².